The molecule has 6 nitrogen and oxygen atoms in total. The van der Waals surface area contributed by atoms with Crippen LogP contribution in [0.15, 0.2) is 42.9 Å². The molecule has 6 heteroatoms. The first kappa shape index (κ1) is 21.9. The topological polar surface area (TPSA) is 68.2 Å². The molecule has 1 fully saturated rings. The van der Waals surface area contributed by atoms with Gasteiger partial charge in [-0.2, -0.15) is 0 Å². The maximum Gasteiger partial charge on any atom is 0.258 e. The number of likely N-dealkylation sites (tertiary alicyclic amines) is 1. The lowest BCUT2D eigenvalue weighted by Gasteiger charge is -2.27. The van der Waals surface area contributed by atoms with Crippen molar-refractivity contribution in [1.82, 2.24) is 19.9 Å². The van der Waals surface area contributed by atoms with Gasteiger partial charge in [-0.25, -0.2) is 9.97 Å². The van der Waals surface area contributed by atoms with Crippen LogP contribution in [-0.4, -0.2) is 39.4 Å². The molecule has 3 aromatic rings. The lowest BCUT2D eigenvalue weighted by molar-refractivity contribution is 0.0729. The molecule has 1 saturated heterocycles. The van der Waals surface area contributed by atoms with Crippen molar-refractivity contribution in [2.75, 3.05) is 13.7 Å². The van der Waals surface area contributed by atoms with Gasteiger partial charge in [0.2, 0.25) is 0 Å². The van der Waals surface area contributed by atoms with E-state index < -0.39 is 0 Å². The molecule has 1 aromatic carbocycles. The number of hydrogen-bond donors (Lipinski definition) is 0. The van der Waals surface area contributed by atoms with Crippen molar-refractivity contribution in [2.45, 2.75) is 52.5 Å². The molecule has 0 radical (unpaired) electrons. The minimum Gasteiger partial charge on any atom is -0.496 e. The Morgan fingerprint density at radius 2 is 2.00 bits per heavy atom. The Kier molecular flexibility index (Phi) is 6.49. The Labute approximate surface area is 189 Å². The van der Waals surface area contributed by atoms with Gasteiger partial charge < -0.3 is 9.64 Å². The number of aromatic nitrogens is 3. The van der Waals surface area contributed by atoms with Crippen LogP contribution in [0.4, 0.5) is 0 Å². The van der Waals surface area contributed by atoms with Gasteiger partial charge in [0.25, 0.3) is 5.91 Å². The molecule has 3 heterocycles. The zero-order valence-electron chi connectivity index (χ0n) is 19.3. The molecule has 2 aromatic heterocycles. The van der Waals surface area contributed by atoms with E-state index in [0.717, 1.165) is 59.5 Å². The van der Waals surface area contributed by atoms with E-state index >= 15 is 0 Å². The molecule has 166 valence electrons. The summed E-state index contributed by atoms with van der Waals surface area (Å²) in [4.78, 5) is 29.5. The van der Waals surface area contributed by atoms with Gasteiger partial charge in [0.05, 0.1) is 24.4 Å². The zero-order valence-corrected chi connectivity index (χ0v) is 19.3. The Balaban J connectivity index is 1.80. The number of aryl methyl sites for hydroxylation is 3. The van der Waals surface area contributed by atoms with Crippen molar-refractivity contribution in [1.29, 1.82) is 0 Å². The van der Waals surface area contributed by atoms with E-state index in [0.29, 0.717) is 17.9 Å². The highest BCUT2D eigenvalue weighted by molar-refractivity contribution is 5.98. The van der Waals surface area contributed by atoms with Gasteiger partial charge >= 0.3 is 0 Å². The second-order valence-electron chi connectivity index (χ2n) is 8.34. The first-order valence-corrected chi connectivity index (χ1v) is 11.3. The molecule has 1 amide bonds. The Bertz CT molecular complexity index is 1130. The SMILES string of the molecule is CCCc1ncc(-c2ccncc2C)c([C@H]2CCCN2C(=O)c2cccc(C)c2OC)n1. The van der Waals surface area contributed by atoms with E-state index in [1.54, 1.807) is 13.3 Å². The summed E-state index contributed by atoms with van der Waals surface area (Å²) in [5.41, 5.74) is 5.58. The molecule has 0 saturated carbocycles. The number of para-hydroxylation sites is 1. The maximum atomic E-state index is 13.7. The quantitative estimate of drug-likeness (QED) is 0.545. The van der Waals surface area contributed by atoms with Gasteiger partial charge in [0.1, 0.15) is 11.6 Å². The van der Waals surface area contributed by atoms with Gasteiger partial charge in [-0.1, -0.05) is 19.1 Å². The lowest BCUT2D eigenvalue weighted by atomic mass is 9.97. The molecule has 0 N–H and O–H groups in total. The fraction of sp³-hybridized carbons (Fsp3) is 0.385. The Morgan fingerprint density at radius 1 is 1.16 bits per heavy atom. The van der Waals surface area contributed by atoms with Crippen LogP contribution in [0.5, 0.6) is 5.75 Å². The minimum absolute atomic E-state index is 0.0129. The minimum atomic E-state index is -0.103. The summed E-state index contributed by atoms with van der Waals surface area (Å²) in [5, 5.41) is 0. The first-order valence-electron chi connectivity index (χ1n) is 11.3. The fourth-order valence-corrected chi connectivity index (χ4v) is 4.56. The molecule has 0 aliphatic carbocycles. The van der Waals surface area contributed by atoms with Crippen LogP contribution < -0.4 is 4.74 Å². The second kappa shape index (κ2) is 9.47. The van der Waals surface area contributed by atoms with E-state index in [2.05, 4.69) is 16.9 Å². The third-order valence-electron chi connectivity index (χ3n) is 6.13. The first-order chi connectivity index (χ1) is 15.5. The predicted molar refractivity (Wildman–Crippen MR) is 125 cm³/mol. The number of pyridine rings is 1. The number of rotatable bonds is 6. The van der Waals surface area contributed by atoms with Crippen molar-refractivity contribution < 1.29 is 9.53 Å². The summed E-state index contributed by atoms with van der Waals surface area (Å²) in [6, 6.07) is 7.62. The summed E-state index contributed by atoms with van der Waals surface area (Å²) in [7, 11) is 1.62. The summed E-state index contributed by atoms with van der Waals surface area (Å²) in [6.45, 7) is 6.83. The van der Waals surface area contributed by atoms with Crippen molar-refractivity contribution in [3.05, 3.63) is 71.1 Å². The molecular formula is C26H30N4O2. The van der Waals surface area contributed by atoms with Crippen molar-refractivity contribution >= 4 is 5.91 Å². The van der Waals surface area contributed by atoms with Crippen LogP contribution in [-0.2, 0) is 6.42 Å². The third-order valence-corrected chi connectivity index (χ3v) is 6.13. The fourth-order valence-electron chi connectivity index (χ4n) is 4.56. The molecule has 4 rings (SSSR count). The zero-order chi connectivity index (χ0) is 22.7. The van der Waals surface area contributed by atoms with Crippen molar-refractivity contribution in [3.8, 4) is 16.9 Å². The molecule has 1 aliphatic rings. The molecular weight excluding hydrogens is 400 g/mol. The predicted octanol–water partition coefficient (Wildman–Crippen LogP) is 5.09. The van der Waals surface area contributed by atoms with Gasteiger partial charge in [0.15, 0.2) is 0 Å². The molecule has 0 unspecified atom stereocenters. The Hall–Kier alpha value is -3.28. The molecule has 0 spiro atoms. The monoisotopic (exact) mass is 430 g/mol. The normalized spacial score (nSPS) is 15.8. The lowest BCUT2D eigenvalue weighted by Crippen LogP contribution is -2.32. The van der Waals surface area contributed by atoms with Crippen LogP contribution in [0, 0.1) is 13.8 Å². The van der Waals surface area contributed by atoms with Gasteiger partial charge in [-0.3, -0.25) is 9.78 Å². The van der Waals surface area contributed by atoms with Crippen LogP contribution in [0.1, 0.15) is 65.2 Å². The van der Waals surface area contributed by atoms with E-state index in [1.807, 2.05) is 55.4 Å². The van der Waals surface area contributed by atoms with Crippen molar-refractivity contribution in [3.63, 3.8) is 0 Å². The highest BCUT2D eigenvalue weighted by atomic mass is 16.5. The van der Waals surface area contributed by atoms with Gasteiger partial charge in [-0.05, 0) is 61.9 Å². The van der Waals surface area contributed by atoms with E-state index in [4.69, 9.17) is 9.72 Å². The van der Waals surface area contributed by atoms with Crippen LogP contribution in [0.25, 0.3) is 11.1 Å². The number of ether oxygens (including phenoxy) is 1. The number of benzene rings is 1. The number of methoxy groups -OCH3 is 1. The summed E-state index contributed by atoms with van der Waals surface area (Å²) < 4.78 is 5.58. The Morgan fingerprint density at radius 3 is 2.75 bits per heavy atom. The number of nitrogens with zero attached hydrogens (tertiary/aromatic N) is 4. The smallest absolute Gasteiger partial charge is 0.258 e. The average molecular weight is 431 g/mol. The summed E-state index contributed by atoms with van der Waals surface area (Å²) >= 11 is 0. The molecule has 1 atom stereocenters. The van der Waals surface area contributed by atoms with Crippen molar-refractivity contribution in [2.24, 2.45) is 0 Å². The number of carbonyl (C=O) groups excluding carboxylic acids is 1. The number of amides is 1. The third kappa shape index (κ3) is 4.09. The van der Waals surface area contributed by atoms with Gasteiger partial charge in [-0.15, -0.1) is 0 Å². The van der Waals surface area contributed by atoms with E-state index in [1.165, 1.54) is 0 Å². The molecule has 0 bridgehead atoms. The average Bonchev–Trinajstić information content (AvgIpc) is 3.29. The highest BCUT2D eigenvalue weighted by Gasteiger charge is 2.35. The summed E-state index contributed by atoms with van der Waals surface area (Å²) in [6.07, 6.45) is 9.17. The van der Waals surface area contributed by atoms with Crippen LogP contribution in [0.3, 0.4) is 0 Å². The van der Waals surface area contributed by atoms with Crippen LogP contribution in [0.2, 0.25) is 0 Å². The molecule has 1 aliphatic heterocycles. The van der Waals surface area contributed by atoms with E-state index in [-0.39, 0.29) is 11.9 Å². The van der Waals surface area contributed by atoms with E-state index in [9.17, 15) is 4.79 Å². The number of carbonyl (C=O) groups is 1. The highest BCUT2D eigenvalue weighted by Crippen LogP contribution is 2.39. The largest absolute Gasteiger partial charge is 0.496 e. The second-order valence-corrected chi connectivity index (χ2v) is 8.34. The number of hydrogen-bond acceptors (Lipinski definition) is 5. The summed E-state index contributed by atoms with van der Waals surface area (Å²) in [5.74, 6) is 1.45. The van der Waals surface area contributed by atoms with Gasteiger partial charge in [0, 0.05) is 37.1 Å². The maximum absolute atomic E-state index is 13.7. The van der Waals surface area contributed by atoms with Crippen LogP contribution >= 0.6 is 0 Å². The standard InChI is InChI=1S/C26H30N4O2/c1-5-8-23-28-16-21(19-12-13-27-15-18(19)3)24(29-23)22-11-7-14-30(22)26(31)20-10-6-9-17(2)25(20)32-4/h6,9-10,12-13,15-16,22H,5,7-8,11,14H2,1-4H3/t22-/m1/s1. The molecule has 32 heavy (non-hydrogen) atoms.